The average molecular weight is 262 g/mol. The zero-order valence-electron chi connectivity index (χ0n) is 11.3. The van der Waals surface area contributed by atoms with Crippen molar-refractivity contribution in [1.82, 2.24) is 5.43 Å². The quantitative estimate of drug-likeness (QED) is 0.557. The molecule has 0 aliphatic heterocycles. The first-order valence-corrected chi connectivity index (χ1v) is 6.85. The molecule has 0 fully saturated rings. The standard InChI is InChI=1S/C18H18N2/c19-20-18(16-7-2-1-3-8-16)13-14-10-11-15-6-4-5-9-17(15)12-14/h1-12,18,20H,13,19H2. The molecule has 0 bridgehead atoms. The minimum Gasteiger partial charge on any atom is -0.271 e. The molecule has 1 unspecified atom stereocenters. The monoisotopic (exact) mass is 262 g/mol. The van der Waals surface area contributed by atoms with Crippen molar-refractivity contribution in [3.8, 4) is 0 Å². The molecular weight excluding hydrogens is 244 g/mol. The van der Waals surface area contributed by atoms with E-state index in [1.54, 1.807) is 0 Å². The molecule has 3 aromatic rings. The molecule has 20 heavy (non-hydrogen) atoms. The van der Waals surface area contributed by atoms with Crippen LogP contribution in [0.3, 0.4) is 0 Å². The van der Waals surface area contributed by atoms with Gasteiger partial charge in [0.15, 0.2) is 0 Å². The van der Waals surface area contributed by atoms with Gasteiger partial charge in [0.2, 0.25) is 0 Å². The Morgan fingerprint density at radius 1 is 0.800 bits per heavy atom. The molecule has 0 aliphatic rings. The highest BCUT2D eigenvalue weighted by Crippen LogP contribution is 2.21. The molecule has 2 nitrogen and oxygen atoms in total. The number of hydrogen-bond acceptors (Lipinski definition) is 2. The maximum absolute atomic E-state index is 5.72. The minimum absolute atomic E-state index is 0.136. The first kappa shape index (κ1) is 12.9. The Morgan fingerprint density at radius 2 is 1.50 bits per heavy atom. The first-order valence-electron chi connectivity index (χ1n) is 6.85. The fraction of sp³-hybridized carbons (Fsp3) is 0.111. The summed E-state index contributed by atoms with van der Waals surface area (Å²) in [6.07, 6.45) is 0.880. The Bertz CT molecular complexity index is 692. The number of fused-ring (bicyclic) bond motifs is 1. The molecule has 1 atom stereocenters. The lowest BCUT2D eigenvalue weighted by molar-refractivity contribution is 0.552. The number of nitrogens with one attached hydrogen (secondary N) is 1. The van der Waals surface area contributed by atoms with Crippen LogP contribution in [0.2, 0.25) is 0 Å². The van der Waals surface area contributed by atoms with E-state index in [1.807, 2.05) is 18.2 Å². The second kappa shape index (κ2) is 5.87. The maximum Gasteiger partial charge on any atom is 0.0500 e. The maximum atomic E-state index is 5.72. The number of benzene rings is 3. The summed E-state index contributed by atoms with van der Waals surface area (Å²) in [6, 6.07) is 25.4. The van der Waals surface area contributed by atoms with Crippen molar-refractivity contribution in [2.45, 2.75) is 12.5 Å². The number of nitrogens with two attached hydrogens (primary N) is 1. The lowest BCUT2D eigenvalue weighted by Crippen LogP contribution is -2.29. The lowest BCUT2D eigenvalue weighted by Gasteiger charge is -2.16. The molecule has 2 heteroatoms. The number of rotatable bonds is 4. The minimum atomic E-state index is 0.136. The predicted molar refractivity (Wildman–Crippen MR) is 84.2 cm³/mol. The van der Waals surface area contributed by atoms with E-state index in [4.69, 9.17) is 5.84 Å². The third-order valence-electron chi connectivity index (χ3n) is 3.66. The van der Waals surface area contributed by atoms with Crippen molar-refractivity contribution in [3.63, 3.8) is 0 Å². The summed E-state index contributed by atoms with van der Waals surface area (Å²) in [5.74, 6) is 5.72. The van der Waals surface area contributed by atoms with Gasteiger partial charge in [-0.1, -0.05) is 72.8 Å². The van der Waals surface area contributed by atoms with Crippen LogP contribution in [-0.2, 0) is 6.42 Å². The van der Waals surface area contributed by atoms with Crippen molar-refractivity contribution < 1.29 is 0 Å². The van der Waals surface area contributed by atoms with Crippen molar-refractivity contribution in [1.29, 1.82) is 0 Å². The third-order valence-corrected chi connectivity index (χ3v) is 3.66. The van der Waals surface area contributed by atoms with Crippen molar-refractivity contribution in [2.75, 3.05) is 0 Å². The van der Waals surface area contributed by atoms with Gasteiger partial charge < -0.3 is 0 Å². The van der Waals surface area contributed by atoms with E-state index >= 15 is 0 Å². The Balaban J connectivity index is 1.87. The molecule has 0 heterocycles. The molecule has 0 radical (unpaired) electrons. The summed E-state index contributed by atoms with van der Waals surface area (Å²) in [6.45, 7) is 0. The summed E-state index contributed by atoms with van der Waals surface area (Å²) in [5, 5.41) is 2.54. The molecule has 100 valence electrons. The van der Waals surface area contributed by atoms with Crippen molar-refractivity contribution >= 4 is 10.8 Å². The molecule has 0 spiro atoms. The zero-order valence-corrected chi connectivity index (χ0v) is 11.3. The van der Waals surface area contributed by atoms with E-state index in [-0.39, 0.29) is 6.04 Å². The van der Waals surface area contributed by atoms with Crippen LogP contribution in [0.15, 0.2) is 72.8 Å². The summed E-state index contributed by atoms with van der Waals surface area (Å²) < 4.78 is 0. The highest BCUT2D eigenvalue weighted by molar-refractivity contribution is 5.83. The van der Waals surface area contributed by atoms with E-state index in [1.165, 1.54) is 21.9 Å². The second-order valence-electron chi connectivity index (χ2n) is 5.02. The molecule has 3 aromatic carbocycles. The summed E-state index contributed by atoms with van der Waals surface area (Å²) in [5.41, 5.74) is 5.41. The average Bonchev–Trinajstić information content (AvgIpc) is 2.53. The first-order chi connectivity index (χ1) is 9.86. The Kier molecular flexibility index (Phi) is 3.77. The second-order valence-corrected chi connectivity index (χ2v) is 5.02. The topological polar surface area (TPSA) is 38.0 Å². The highest BCUT2D eigenvalue weighted by atomic mass is 15.2. The molecule has 0 saturated carbocycles. The van der Waals surface area contributed by atoms with Crippen LogP contribution < -0.4 is 11.3 Å². The van der Waals surface area contributed by atoms with Gasteiger partial charge >= 0.3 is 0 Å². The fourth-order valence-electron chi connectivity index (χ4n) is 2.56. The van der Waals surface area contributed by atoms with Gasteiger partial charge in [-0.15, -0.1) is 0 Å². The van der Waals surface area contributed by atoms with Crippen LogP contribution in [0.25, 0.3) is 10.8 Å². The lowest BCUT2D eigenvalue weighted by atomic mass is 9.97. The van der Waals surface area contributed by atoms with Gasteiger partial charge in [-0.2, -0.15) is 0 Å². The van der Waals surface area contributed by atoms with Gasteiger partial charge in [0, 0.05) is 6.04 Å². The van der Waals surface area contributed by atoms with Crippen LogP contribution in [0.4, 0.5) is 0 Å². The summed E-state index contributed by atoms with van der Waals surface area (Å²) in [7, 11) is 0. The Labute approximate surface area is 119 Å². The Morgan fingerprint density at radius 3 is 2.25 bits per heavy atom. The smallest absolute Gasteiger partial charge is 0.0500 e. The molecule has 0 aromatic heterocycles. The van der Waals surface area contributed by atoms with Gasteiger partial charge in [-0.3, -0.25) is 11.3 Å². The molecule has 3 rings (SSSR count). The van der Waals surface area contributed by atoms with Gasteiger partial charge in [0.05, 0.1) is 0 Å². The SMILES string of the molecule is NNC(Cc1ccc2ccccc2c1)c1ccccc1. The highest BCUT2D eigenvalue weighted by Gasteiger charge is 2.10. The van der Waals surface area contributed by atoms with E-state index in [2.05, 4.69) is 60.0 Å². The van der Waals surface area contributed by atoms with Crippen molar-refractivity contribution in [3.05, 3.63) is 83.9 Å². The van der Waals surface area contributed by atoms with Crippen LogP contribution in [0.5, 0.6) is 0 Å². The summed E-state index contributed by atoms with van der Waals surface area (Å²) >= 11 is 0. The molecular formula is C18H18N2. The van der Waals surface area contributed by atoms with E-state index in [0.717, 1.165) is 6.42 Å². The van der Waals surface area contributed by atoms with Gasteiger partial charge in [0.1, 0.15) is 0 Å². The Hall–Kier alpha value is -2.16. The normalized spacial score (nSPS) is 12.4. The van der Waals surface area contributed by atoms with Crippen LogP contribution in [0.1, 0.15) is 17.2 Å². The molecule has 3 N–H and O–H groups in total. The molecule has 0 amide bonds. The summed E-state index contributed by atoms with van der Waals surface area (Å²) in [4.78, 5) is 0. The van der Waals surface area contributed by atoms with Gasteiger partial charge in [0.25, 0.3) is 0 Å². The fourth-order valence-corrected chi connectivity index (χ4v) is 2.56. The van der Waals surface area contributed by atoms with E-state index in [9.17, 15) is 0 Å². The van der Waals surface area contributed by atoms with Crippen LogP contribution >= 0.6 is 0 Å². The van der Waals surface area contributed by atoms with Crippen LogP contribution in [-0.4, -0.2) is 0 Å². The third kappa shape index (κ3) is 2.72. The van der Waals surface area contributed by atoms with Crippen LogP contribution in [0, 0.1) is 0 Å². The number of hydrazine groups is 1. The van der Waals surface area contributed by atoms with Crippen molar-refractivity contribution in [2.24, 2.45) is 5.84 Å². The zero-order chi connectivity index (χ0) is 13.8. The predicted octanol–water partition coefficient (Wildman–Crippen LogP) is 3.59. The molecule has 0 aliphatic carbocycles. The number of hydrogen-bond donors (Lipinski definition) is 2. The largest absolute Gasteiger partial charge is 0.271 e. The van der Waals surface area contributed by atoms with E-state index < -0.39 is 0 Å². The van der Waals surface area contributed by atoms with Gasteiger partial charge in [-0.05, 0) is 28.3 Å². The van der Waals surface area contributed by atoms with Gasteiger partial charge in [-0.25, -0.2) is 0 Å². The van der Waals surface area contributed by atoms with E-state index in [0.29, 0.717) is 0 Å². The molecule has 0 saturated heterocycles.